The molecule has 0 saturated heterocycles. The molecule has 5 amide bonds. The second-order valence-corrected chi connectivity index (χ2v) is 32.9. The number of carboxylic acid groups (broad SMARTS) is 1. The number of carboxylic acids is 1. The van der Waals surface area contributed by atoms with Crippen molar-refractivity contribution in [3.05, 3.63) is 94.0 Å². The van der Waals surface area contributed by atoms with Gasteiger partial charge in [0.1, 0.15) is 67.7 Å². The number of pyridine rings is 2. The van der Waals surface area contributed by atoms with Crippen molar-refractivity contribution >= 4 is 90.0 Å². The largest absolute Gasteiger partial charge is 0.496 e. The minimum absolute atomic E-state index is 0.111. The van der Waals surface area contributed by atoms with Gasteiger partial charge in [-0.25, -0.2) is 33.1 Å². The van der Waals surface area contributed by atoms with Crippen LogP contribution in [0.2, 0.25) is 0 Å². The normalized spacial score (nSPS) is 27.6. The van der Waals surface area contributed by atoms with Gasteiger partial charge in [0.05, 0.1) is 65.1 Å². The monoisotopic (exact) mass is 1410 g/mol. The Bertz CT molecular complexity index is 4330. The van der Waals surface area contributed by atoms with Gasteiger partial charge in [-0.1, -0.05) is 52.0 Å². The molecule has 13 rings (SSSR count). The quantitative estimate of drug-likeness (QED) is 0.0737. The number of fused-ring (bicyclic) bond motifs is 6. The molecule has 6 heterocycles. The number of sulfonamides is 1. The van der Waals surface area contributed by atoms with E-state index in [1.54, 1.807) is 45.0 Å². The van der Waals surface area contributed by atoms with E-state index in [1.165, 1.54) is 22.7 Å². The van der Waals surface area contributed by atoms with Gasteiger partial charge in [0.25, 0.3) is 5.91 Å². The summed E-state index contributed by atoms with van der Waals surface area (Å²) in [6.07, 6.45) is 14.5. The van der Waals surface area contributed by atoms with Crippen molar-refractivity contribution in [3.63, 3.8) is 0 Å². The zero-order valence-corrected chi connectivity index (χ0v) is 60.7. The van der Waals surface area contributed by atoms with Crippen LogP contribution in [0.1, 0.15) is 159 Å². The SMILES string of the molecule is COc1ccc2c(OC3C[C@H]4C(=O)N[C@]5(C(=O)O)C[C@H]5/C=C\CCCCN(C)C(=O)[C@@H]4C3)cc(-c3nc(C(C)C)cs3)nc2c1C.COc1ccc2c(O[C@@H]3C[C@H]4C(=O)N[C@]5(C(=O)NS(=O)(=O)C6(C)CC6)C[C@H]5/C=C\CCCCN(C)C(=O)[C@@H]4C3)cc(-c3nc(C(C)C)cs3)nc2c1C. The highest BCUT2D eigenvalue weighted by molar-refractivity contribution is 7.91. The fourth-order valence-electron chi connectivity index (χ4n) is 14.5. The first kappa shape index (κ1) is 70.8. The third-order valence-corrected chi connectivity index (χ3v) is 25.3. The average Bonchev–Trinajstić information content (AvgIpc) is 1.58. The Morgan fingerprint density at radius 2 is 1.05 bits per heavy atom. The maximum atomic E-state index is 14.3. The molecule has 5 aliphatic carbocycles. The highest BCUT2D eigenvalue weighted by atomic mass is 32.2. The van der Waals surface area contributed by atoms with E-state index in [2.05, 4.69) is 43.1 Å². The van der Waals surface area contributed by atoms with E-state index in [0.717, 1.165) is 87.3 Å². The van der Waals surface area contributed by atoms with Crippen molar-refractivity contribution in [2.45, 2.75) is 178 Å². The minimum atomic E-state index is -3.93. The van der Waals surface area contributed by atoms with E-state index in [1.807, 2.05) is 85.3 Å². The molecule has 1 unspecified atom stereocenters. The summed E-state index contributed by atoms with van der Waals surface area (Å²) >= 11 is 3.04. The molecule has 7 aliphatic rings. The van der Waals surface area contributed by atoms with Gasteiger partial charge in [0.2, 0.25) is 33.7 Å². The number of aryl methyl sites for hydroxylation is 2. The third kappa shape index (κ3) is 14.3. The van der Waals surface area contributed by atoms with Gasteiger partial charge >= 0.3 is 5.97 Å². The van der Waals surface area contributed by atoms with Crippen molar-refractivity contribution in [1.82, 2.24) is 45.1 Å². The lowest BCUT2D eigenvalue weighted by Gasteiger charge is -2.27. The van der Waals surface area contributed by atoms with Gasteiger partial charge in [-0.2, -0.15) is 0 Å². The molecule has 0 radical (unpaired) electrons. The van der Waals surface area contributed by atoms with E-state index >= 15 is 0 Å². The highest BCUT2D eigenvalue weighted by Gasteiger charge is 2.64. The molecule has 10 atom stereocenters. The average molecular weight is 1410 g/mol. The molecule has 25 heteroatoms. The summed E-state index contributed by atoms with van der Waals surface area (Å²) in [5.74, 6) is -3.25. The predicted molar refractivity (Wildman–Crippen MR) is 379 cm³/mol. The van der Waals surface area contributed by atoms with Gasteiger partial charge in [-0.15, -0.1) is 22.7 Å². The number of aliphatic carboxylic acids is 1. The molecule has 2 aliphatic heterocycles. The number of nitrogens with one attached hydrogen (secondary N) is 3. The zero-order valence-electron chi connectivity index (χ0n) is 58.3. The van der Waals surface area contributed by atoms with Crippen molar-refractivity contribution in [2.24, 2.45) is 35.5 Å². The topological polar surface area (TPSA) is 288 Å². The number of benzene rings is 2. The van der Waals surface area contributed by atoms with Crippen molar-refractivity contribution in [1.29, 1.82) is 0 Å². The van der Waals surface area contributed by atoms with E-state index in [9.17, 15) is 42.3 Å². The number of amides is 5. The lowest BCUT2D eigenvalue weighted by molar-refractivity contribution is -0.145. The molecule has 5 fully saturated rings. The van der Waals surface area contributed by atoms with Gasteiger partial charge < -0.3 is 44.5 Å². The second kappa shape index (κ2) is 28.2. The lowest BCUT2D eigenvalue weighted by atomic mass is 9.93. The molecule has 5 saturated carbocycles. The number of carbonyl (C=O) groups excluding carboxylic acids is 5. The van der Waals surface area contributed by atoms with Crippen LogP contribution in [-0.4, -0.2) is 148 Å². The predicted octanol–water partition coefficient (Wildman–Crippen LogP) is 11.4. The Morgan fingerprint density at radius 1 is 0.626 bits per heavy atom. The first-order valence-corrected chi connectivity index (χ1v) is 37.9. The molecule has 4 N–H and O–H groups in total. The van der Waals surface area contributed by atoms with E-state index in [4.69, 9.17) is 38.9 Å². The summed E-state index contributed by atoms with van der Waals surface area (Å²) in [4.78, 5) is 105. The smallest absolute Gasteiger partial charge is 0.330 e. The standard InChI is InChI=1S/C39H49N5O7S2.C35H42N4O6S/c1-22(2)30-21-52-35(41-30)29-19-32(26-12-13-31(50-6)23(3)33(26)40-29)51-25-17-27-28(18-25)36(46)44(5)16-10-8-7-9-11-24-20-39(24,42-34(27)45)37(47)43-53(48,49)38(4)14-15-38;1-19(2)27-18-46-32(37-27)26-16-29(23-11-12-28(44-5)20(3)30(23)36-26)45-22-14-24-25(15-22)33(41)39(4)13-9-7-6-8-10-21-17-35(21,34(42)43)38-31(24)40/h9,11-13,19,21-22,24-25,27-28H,7-8,10,14-18,20H2,1-6H3,(H,42,45)(H,43,47);8,10-12,16,18-19,21-22,24-25H,6-7,9,13-15,17H2,1-5H3,(H,38,40)(H,42,43)/b11-9-;10-8-/t24-,25-,27-,28-,39-;21-,22?,24-,25-,35-/m11/s1. The minimum Gasteiger partial charge on any atom is -0.496 e. The summed E-state index contributed by atoms with van der Waals surface area (Å²) in [6, 6.07) is 11.4. The number of carbonyl (C=O) groups is 6. The number of hydrogen-bond acceptors (Lipinski definition) is 18. The number of allylic oxidation sites excluding steroid dienone is 2. The molecule has 0 bridgehead atoms. The summed E-state index contributed by atoms with van der Waals surface area (Å²) in [6.45, 7) is 15.1. The fourth-order valence-corrected chi connectivity index (χ4v) is 17.7. The first-order valence-electron chi connectivity index (χ1n) is 34.7. The number of ether oxygens (including phenoxy) is 4. The van der Waals surface area contributed by atoms with Crippen LogP contribution >= 0.6 is 22.7 Å². The van der Waals surface area contributed by atoms with E-state index < -0.39 is 85.4 Å². The zero-order chi connectivity index (χ0) is 70.6. The molecular formula is C74H91N9O13S3. The Labute approximate surface area is 586 Å². The van der Waals surface area contributed by atoms with Crippen LogP contribution < -0.4 is 34.3 Å². The fraction of sp³-hybridized carbons (Fsp3) is 0.541. The van der Waals surface area contributed by atoms with Crippen LogP contribution in [0.4, 0.5) is 0 Å². The molecular weight excluding hydrogens is 1320 g/mol. The molecule has 528 valence electrons. The second-order valence-electron chi connectivity index (χ2n) is 29.0. The maximum absolute atomic E-state index is 14.3. The first-order chi connectivity index (χ1) is 47.2. The van der Waals surface area contributed by atoms with Crippen molar-refractivity contribution in [2.75, 3.05) is 41.4 Å². The number of thiazole rings is 2. The molecule has 4 aromatic heterocycles. The van der Waals surface area contributed by atoms with Crippen LogP contribution in [0.3, 0.4) is 0 Å². The molecule has 22 nitrogen and oxygen atoms in total. The van der Waals surface area contributed by atoms with Crippen LogP contribution in [0, 0.1) is 49.4 Å². The van der Waals surface area contributed by atoms with Crippen LogP contribution in [-0.2, 0) is 38.8 Å². The number of aromatic nitrogens is 4. The number of methoxy groups -OCH3 is 2. The van der Waals surface area contributed by atoms with Crippen LogP contribution in [0.25, 0.3) is 43.2 Å². The van der Waals surface area contributed by atoms with Crippen LogP contribution in [0.15, 0.2) is 71.5 Å². The van der Waals surface area contributed by atoms with E-state index in [-0.39, 0.29) is 54.7 Å². The van der Waals surface area contributed by atoms with Crippen molar-refractivity contribution < 1.29 is 61.2 Å². The Hall–Kier alpha value is -8.03. The molecule has 6 aromatic rings. The third-order valence-electron chi connectivity index (χ3n) is 21.4. The summed E-state index contributed by atoms with van der Waals surface area (Å²) in [5.41, 5.74) is 3.71. The van der Waals surface area contributed by atoms with Gasteiger partial charge in [-0.3, -0.25) is 28.7 Å². The maximum Gasteiger partial charge on any atom is 0.330 e. The Morgan fingerprint density at radius 3 is 1.46 bits per heavy atom. The molecule has 99 heavy (non-hydrogen) atoms. The number of nitrogens with zero attached hydrogens (tertiary/aromatic N) is 6. The Balaban J connectivity index is 0.000000190. The number of rotatable bonds is 14. The van der Waals surface area contributed by atoms with Crippen LogP contribution in [0.5, 0.6) is 23.0 Å². The summed E-state index contributed by atoms with van der Waals surface area (Å²) in [5, 5.41) is 23.1. The van der Waals surface area contributed by atoms with E-state index in [0.29, 0.717) is 85.1 Å². The molecule has 2 aromatic carbocycles. The number of hydrogen-bond donors (Lipinski definition) is 4. The van der Waals surface area contributed by atoms with Gasteiger partial charge in [-0.05, 0) is 147 Å². The summed E-state index contributed by atoms with van der Waals surface area (Å²) in [7, 11) is 2.86. The van der Waals surface area contributed by atoms with Gasteiger partial charge in [0.15, 0.2) is 0 Å². The van der Waals surface area contributed by atoms with Gasteiger partial charge in [0, 0.05) is 83.8 Å². The highest BCUT2D eigenvalue weighted by Crippen LogP contribution is 2.51. The summed E-state index contributed by atoms with van der Waals surface area (Å²) < 4.78 is 52.2. The Kier molecular flexibility index (Phi) is 20.2. The van der Waals surface area contributed by atoms with Crippen molar-refractivity contribution in [3.8, 4) is 44.4 Å². The molecule has 0 spiro atoms. The lowest BCUT2D eigenvalue weighted by Crippen LogP contribution is -2.55.